The number of nitrogens with one attached hydrogen (secondary N) is 1. The van der Waals surface area contributed by atoms with Crippen LogP contribution in [0.15, 0.2) is 36.4 Å². The molecule has 2 aromatic rings. The van der Waals surface area contributed by atoms with E-state index in [9.17, 15) is 18.8 Å². The molecule has 0 aliphatic carbocycles. The van der Waals surface area contributed by atoms with Crippen LogP contribution in [-0.2, 0) is 22.7 Å². The Labute approximate surface area is 196 Å². The molecule has 9 heteroatoms. The second-order valence-electron chi connectivity index (χ2n) is 8.74. The molecule has 2 aromatic carbocycles. The van der Waals surface area contributed by atoms with Crippen LogP contribution in [0, 0.1) is 5.82 Å². The first kappa shape index (κ1) is 21.9. The van der Waals surface area contributed by atoms with Crippen LogP contribution < -0.4 is 10.2 Å². The number of benzene rings is 2. The molecule has 5 rings (SSSR count). The van der Waals surface area contributed by atoms with Crippen LogP contribution in [0.4, 0.5) is 10.1 Å². The Morgan fingerprint density at radius 2 is 1.85 bits per heavy atom. The van der Waals surface area contributed by atoms with Gasteiger partial charge in [0.1, 0.15) is 11.9 Å². The van der Waals surface area contributed by atoms with Gasteiger partial charge in [-0.3, -0.25) is 24.6 Å². The molecule has 3 aliphatic heterocycles. The van der Waals surface area contributed by atoms with Gasteiger partial charge in [-0.1, -0.05) is 23.7 Å². The molecule has 2 saturated heterocycles. The Bertz CT molecular complexity index is 1130. The first-order chi connectivity index (χ1) is 15.9. The van der Waals surface area contributed by atoms with Gasteiger partial charge in [0.25, 0.3) is 5.91 Å². The number of piperidine rings is 1. The van der Waals surface area contributed by atoms with Crippen molar-refractivity contribution in [3.8, 4) is 0 Å². The maximum Gasteiger partial charge on any atom is 0.255 e. The molecular formula is C24H24ClFN4O3. The minimum absolute atomic E-state index is 0.187. The average molecular weight is 471 g/mol. The molecule has 0 aromatic heterocycles. The summed E-state index contributed by atoms with van der Waals surface area (Å²) >= 11 is 6.10. The molecule has 0 spiro atoms. The highest BCUT2D eigenvalue weighted by Gasteiger charge is 2.41. The molecule has 1 N–H and O–H groups in total. The quantitative estimate of drug-likeness (QED) is 0.695. The molecule has 2 fully saturated rings. The lowest BCUT2D eigenvalue weighted by Gasteiger charge is -2.37. The largest absolute Gasteiger partial charge is 0.369 e. The number of hydrogen-bond donors (Lipinski definition) is 1. The third-order valence-electron chi connectivity index (χ3n) is 6.61. The van der Waals surface area contributed by atoms with Crippen molar-refractivity contribution in [3.05, 3.63) is 63.9 Å². The molecule has 3 amide bonds. The van der Waals surface area contributed by atoms with Gasteiger partial charge in [0.05, 0.1) is 0 Å². The number of imide groups is 1. The zero-order valence-corrected chi connectivity index (χ0v) is 18.8. The fourth-order valence-corrected chi connectivity index (χ4v) is 5.14. The van der Waals surface area contributed by atoms with E-state index in [1.165, 1.54) is 17.0 Å². The molecule has 33 heavy (non-hydrogen) atoms. The van der Waals surface area contributed by atoms with E-state index in [-0.39, 0.29) is 31.2 Å². The summed E-state index contributed by atoms with van der Waals surface area (Å²) in [6.07, 6.45) is 0.469. The minimum atomic E-state index is -0.715. The van der Waals surface area contributed by atoms with Crippen molar-refractivity contribution in [2.75, 3.05) is 31.1 Å². The minimum Gasteiger partial charge on any atom is -0.369 e. The maximum atomic E-state index is 14.5. The van der Waals surface area contributed by atoms with Gasteiger partial charge < -0.3 is 9.80 Å². The summed E-state index contributed by atoms with van der Waals surface area (Å²) in [6, 6.07) is 9.82. The van der Waals surface area contributed by atoms with Gasteiger partial charge >= 0.3 is 0 Å². The second-order valence-corrected chi connectivity index (χ2v) is 9.18. The standard InChI is InChI=1S/C24H24ClFN4O3/c25-16-3-1-2-15(10-16)13-28-6-8-29(9-7-28)21-12-17(26)11-18-19(21)14-30(24(18)33)20-4-5-22(31)27-23(20)32/h1-3,10-12,20H,4-9,13-14H2,(H,27,31,32). The van der Waals surface area contributed by atoms with E-state index < -0.39 is 17.8 Å². The smallest absolute Gasteiger partial charge is 0.255 e. The highest BCUT2D eigenvalue weighted by Crippen LogP contribution is 2.35. The molecule has 3 aliphatic rings. The van der Waals surface area contributed by atoms with Gasteiger partial charge in [-0.05, 0) is 36.2 Å². The fourth-order valence-electron chi connectivity index (χ4n) is 4.93. The number of halogens is 2. The van der Waals surface area contributed by atoms with Gasteiger partial charge in [-0.15, -0.1) is 0 Å². The summed E-state index contributed by atoms with van der Waals surface area (Å²) in [5, 5.41) is 3.02. The molecule has 172 valence electrons. The number of hydrogen-bond acceptors (Lipinski definition) is 5. The SMILES string of the molecule is O=C1CCC(N2Cc3c(cc(F)cc3N3CCN(Cc4cccc(Cl)c4)CC3)C2=O)C(=O)N1. The number of nitrogens with zero attached hydrogens (tertiary/aromatic N) is 3. The summed E-state index contributed by atoms with van der Waals surface area (Å²) in [5.41, 5.74) is 2.90. The van der Waals surface area contributed by atoms with Crippen molar-refractivity contribution in [1.82, 2.24) is 15.1 Å². The predicted molar refractivity (Wildman–Crippen MR) is 121 cm³/mol. The topological polar surface area (TPSA) is 73.0 Å². The molecule has 1 atom stereocenters. The summed E-state index contributed by atoms with van der Waals surface area (Å²) in [5.74, 6) is -1.63. The third kappa shape index (κ3) is 4.32. The Morgan fingerprint density at radius 1 is 1.06 bits per heavy atom. The average Bonchev–Trinajstić information content (AvgIpc) is 3.10. The molecule has 0 radical (unpaired) electrons. The van der Waals surface area contributed by atoms with Crippen LogP contribution in [0.25, 0.3) is 0 Å². The van der Waals surface area contributed by atoms with Crippen molar-refractivity contribution in [2.24, 2.45) is 0 Å². The maximum absolute atomic E-state index is 14.5. The van der Waals surface area contributed by atoms with Crippen LogP contribution in [-0.4, -0.2) is 59.7 Å². The van der Waals surface area contributed by atoms with Crippen LogP contribution >= 0.6 is 11.6 Å². The Morgan fingerprint density at radius 3 is 2.58 bits per heavy atom. The third-order valence-corrected chi connectivity index (χ3v) is 6.84. The Balaban J connectivity index is 1.31. The number of rotatable bonds is 4. The van der Waals surface area contributed by atoms with E-state index in [1.807, 2.05) is 24.3 Å². The van der Waals surface area contributed by atoms with E-state index in [1.54, 1.807) is 0 Å². The van der Waals surface area contributed by atoms with Crippen LogP contribution in [0.1, 0.15) is 34.3 Å². The summed E-state index contributed by atoms with van der Waals surface area (Å²) in [6.45, 7) is 4.01. The molecule has 3 heterocycles. The van der Waals surface area contributed by atoms with Crippen molar-refractivity contribution < 1.29 is 18.8 Å². The van der Waals surface area contributed by atoms with Gasteiger partial charge in [0.15, 0.2) is 0 Å². The number of carbonyl (C=O) groups excluding carboxylic acids is 3. The Kier molecular flexibility index (Phi) is 5.80. The second kappa shape index (κ2) is 8.76. The summed E-state index contributed by atoms with van der Waals surface area (Å²) in [4.78, 5) is 42.8. The molecule has 1 unspecified atom stereocenters. The van der Waals surface area contributed by atoms with Gasteiger partial charge in [0.2, 0.25) is 11.8 Å². The predicted octanol–water partition coefficient (Wildman–Crippen LogP) is 2.56. The monoisotopic (exact) mass is 470 g/mol. The summed E-state index contributed by atoms with van der Waals surface area (Å²) in [7, 11) is 0. The van der Waals surface area contributed by atoms with E-state index in [0.29, 0.717) is 29.4 Å². The van der Waals surface area contributed by atoms with Gasteiger partial charge in [-0.25, -0.2) is 4.39 Å². The zero-order valence-electron chi connectivity index (χ0n) is 18.0. The normalized spacial score (nSPS) is 21.4. The number of amides is 3. The Hall–Kier alpha value is -2.97. The molecule has 7 nitrogen and oxygen atoms in total. The van der Waals surface area contributed by atoms with Crippen molar-refractivity contribution >= 4 is 35.0 Å². The van der Waals surface area contributed by atoms with E-state index in [2.05, 4.69) is 15.1 Å². The molecular weight excluding hydrogens is 447 g/mol. The number of fused-ring (bicyclic) bond motifs is 1. The summed E-state index contributed by atoms with van der Waals surface area (Å²) < 4.78 is 14.5. The van der Waals surface area contributed by atoms with Crippen LogP contribution in [0.3, 0.4) is 0 Å². The van der Waals surface area contributed by atoms with E-state index >= 15 is 0 Å². The lowest BCUT2D eigenvalue weighted by atomic mass is 10.0. The lowest BCUT2D eigenvalue weighted by Crippen LogP contribution is -2.52. The zero-order chi connectivity index (χ0) is 23.1. The first-order valence-corrected chi connectivity index (χ1v) is 11.5. The number of anilines is 1. The lowest BCUT2D eigenvalue weighted by molar-refractivity contribution is -0.136. The van der Waals surface area contributed by atoms with Crippen molar-refractivity contribution in [3.63, 3.8) is 0 Å². The highest BCUT2D eigenvalue weighted by molar-refractivity contribution is 6.30. The van der Waals surface area contributed by atoms with E-state index in [4.69, 9.17) is 11.6 Å². The van der Waals surface area contributed by atoms with Crippen molar-refractivity contribution in [1.29, 1.82) is 0 Å². The van der Waals surface area contributed by atoms with Gasteiger partial charge in [-0.2, -0.15) is 0 Å². The number of piperazine rings is 1. The first-order valence-electron chi connectivity index (χ1n) is 11.1. The molecule has 0 saturated carbocycles. The van der Waals surface area contributed by atoms with Crippen LogP contribution in [0.2, 0.25) is 5.02 Å². The fraction of sp³-hybridized carbons (Fsp3) is 0.375. The highest BCUT2D eigenvalue weighted by atomic mass is 35.5. The molecule has 0 bridgehead atoms. The van der Waals surface area contributed by atoms with Crippen LogP contribution in [0.5, 0.6) is 0 Å². The van der Waals surface area contributed by atoms with E-state index in [0.717, 1.165) is 30.8 Å². The van der Waals surface area contributed by atoms with Crippen molar-refractivity contribution in [2.45, 2.75) is 32.0 Å². The number of carbonyl (C=O) groups is 3. The van der Waals surface area contributed by atoms with Gasteiger partial charge in [0, 0.05) is 67.5 Å².